The minimum Gasteiger partial charge on any atom is -0.334 e. The highest BCUT2D eigenvalue weighted by atomic mass is 32.1. The van der Waals surface area contributed by atoms with Crippen LogP contribution in [0.2, 0.25) is 0 Å². The number of aromatic nitrogens is 5. The van der Waals surface area contributed by atoms with Gasteiger partial charge in [-0.1, -0.05) is 176 Å². The van der Waals surface area contributed by atoms with E-state index in [9.17, 15) is 0 Å². The van der Waals surface area contributed by atoms with Crippen LogP contribution in [-0.4, -0.2) is 24.1 Å². The molecule has 0 radical (unpaired) electrons. The van der Waals surface area contributed by atoms with Crippen LogP contribution in [0.5, 0.6) is 0 Å². The smallest absolute Gasteiger partial charge is 0.139 e. The molecule has 73 heavy (non-hydrogen) atoms. The highest BCUT2D eigenvalue weighted by Gasteiger charge is 2.18. The Labute approximate surface area is 428 Å². The van der Waals surface area contributed by atoms with Crippen LogP contribution in [0, 0.1) is 0 Å². The lowest BCUT2D eigenvalue weighted by Gasteiger charge is -2.18. The van der Waals surface area contributed by atoms with Gasteiger partial charge >= 0.3 is 0 Å². The van der Waals surface area contributed by atoms with Crippen LogP contribution in [0.25, 0.3) is 132 Å². The van der Waals surface area contributed by atoms with Crippen LogP contribution in [0.3, 0.4) is 0 Å². The Morgan fingerprint density at radius 2 is 0.712 bits per heavy atom. The first-order valence-corrected chi connectivity index (χ1v) is 25.4. The molecular formula is C67H47N5S. The van der Waals surface area contributed by atoms with Crippen molar-refractivity contribution < 1.29 is 0 Å². The van der Waals surface area contributed by atoms with E-state index in [1.807, 2.05) is 56.4 Å². The molecule has 0 atom stereocenters. The molecule has 0 spiro atoms. The van der Waals surface area contributed by atoms with E-state index in [4.69, 9.17) is 4.98 Å². The first-order valence-electron chi connectivity index (χ1n) is 24.6. The quantitative estimate of drug-likeness (QED) is 0.137. The van der Waals surface area contributed by atoms with Crippen molar-refractivity contribution in [2.45, 2.75) is 0 Å². The molecule has 0 aliphatic carbocycles. The molecule has 0 bridgehead atoms. The lowest BCUT2D eigenvalue weighted by molar-refractivity contribution is 0.925. The number of nitrogens with zero attached hydrogens (tertiary/aromatic N) is 5. The fourth-order valence-electron chi connectivity index (χ4n) is 10.4. The maximum Gasteiger partial charge on any atom is 0.139 e. The molecule has 0 saturated carbocycles. The Morgan fingerprint density at radius 3 is 1.22 bits per heavy atom. The van der Waals surface area contributed by atoms with E-state index in [1.54, 1.807) is 0 Å². The number of thiophene rings is 1. The van der Waals surface area contributed by atoms with Crippen molar-refractivity contribution in [3.05, 3.63) is 249 Å². The summed E-state index contributed by atoms with van der Waals surface area (Å²) < 4.78 is 6.72. The summed E-state index contributed by atoms with van der Waals surface area (Å²) in [5, 5.41) is 2.62. The monoisotopic (exact) mass is 953 g/mol. The van der Waals surface area contributed by atoms with Crippen LogP contribution in [-0.2, 0) is 14.1 Å². The molecule has 0 aliphatic heterocycles. The van der Waals surface area contributed by atoms with Gasteiger partial charge in [0.15, 0.2) is 0 Å². The van der Waals surface area contributed by atoms with Gasteiger partial charge in [0.05, 0.1) is 5.69 Å². The Morgan fingerprint density at radius 1 is 0.301 bits per heavy atom. The zero-order valence-electron chi connectivity index (χ0n) is 40.3. The van der Waals surface area contributed by atoms with Gasteiger partial charge in [-0.25, -0.2) is 9.97 Å². The van der Waals surface area contributed by atoms with E-state index in [-0.39, 0.29) is 0 Å². The number of imidazole rings is 2. The summed E-state index contributed by atoms with van der Waals surface area (Å²) in [6, 6.07) is 79.5. The fraction of sp³-hybridized carbons (Fsp3) is 0.0299. The predicted octanol–water partition coefficient (Wildman–Crippen LogP) is 17.6. The molecule has 5 nitrogen and oxygen atoms in total. The van der Waals surface area contributed by atoms with Gasteiger partial charge < -0.3 is 9.13 Å². The summed E-state index contributed by atoms with van der Waals surface area (Å²) in [6.45, 7) is 0. The zero-order valence-corrected chi connectivity index (χ0v) is 41.1. The third-order valence-corrected chi connectivity index (χ3v) is 15.3. The van der Waals surface area contributed by atoms with Crippen LogP contribution < -0.4 is 0 Å². The molecule has 0 unspecified atom stereocenters. The molecule has 0 aliphatic rings. The Bertz CT molecular complexity index is 4010. The average molecular weight is 954 g/mol. The van der Waals surface area contributed by atoms with Crippen LogP contribution in [0.4, 0.5) is 0 Å². The molecule has 346 valence electrons. The molecule has 13 aromatic rings. The Balaban J connectivity index is 0.897. The summed E-state index contributed by atoms with van der Waals surface area (Å²) in [4.78, 5) is 14.4. The van der Waals surface area contributed by atoms with Gasteiger partial charge in [-0.05, 0) is 115 Å². The van der Waals surface area contributed by atoms with E-state index in [0.29, 0.717) is 0 Å². The Hall–Kier alpha value is -9.23. The first kappa shape index (κ1) is 43.8. The van der Waals surface area contributed by atoms with E-state index >= 15 is 0 Å². The van der Waals surface area contributed by atoms with Gasteiger partial charge in [-0.3, -0.25) is 4.98 Å². The number of benzene rings is 9. The van der Waals surface area contributed by atoms with Crippen LogP contribution in [0.1, 0.15) is 0 Å². The number of hydrogen-bond acceptors (Lipinski definition) is 4. The van der Waals surface area contributed by atoms with E-state index < -0.39 is 0 Å². The highest BCUT2D eigenvalue weighted by Crippen LogP contribution is 2.43. The standard InChI is InChI=1S/C67H47N5S/c1-71-36-34-68-66(71)46-26-22-44(23-27-46)55-14-3-6-17-58(55)52-39-53(59-18-7-4-15-56(59)45-24-28-47(29-25-45)67-69-35-37-72(67)2)41-54(40-52)60-19-8-5-16-57(60)51-31-33-63(70-43-51)50-13-11-12-48(38-50)49-30-32-62-61-20-9-10-21-64(61)73-65(62)42-49/h3-43H,1-2H3. The number of hydrogen-bond donors (Lipinski definition) is 0. The summed E-state index contributed by atoms with van der Waals surface area (Å²) in [5.74, 6) is 1.88. The molecule has 6 heteroatoms. The van der Waals surface area contributed by atoms with Crippen molar-refractivity contribution >= 4 is 31.5 Å². The molecule has 13 rings (SSSR count). The number of aryl methyl sites for hydroxylation is 2. The second kappa shape index (κ2) is 18.5. The molecule has 4 aromatic heterocycles. The van der Waals surface area contributed by atoms with Gasteiger partial charge in [-0.2, -0.15) is 0 Å². The molecule has 0 fully saturated rings. The van der Waals surface area contributed by atoms with Crippen molar-refractivity contribution in [1.29, 1.82) is 0 Å². The van der Waals surface area contributed by atoms with Crippen molar-refractivity contribution in [2.75, 3.05) is 0 Å². The lowest BCUT2D eigenvalue weighted by atomic mass is 9.86. The number of rotatable bonds is 10. The third kappa shape index (κ3) is 8.24. The predicted molar refractivity (Wildman–Crippen MR) is 305 cm³/mol. The molecular weight excluding hydrogens is 907 g/mol. The van der Waals surface area contributed by atoms with E-state index in [2.05, 4.69) is 237 Å². The van der Waals surface area contributed by atoms with Gasteiger partial charge in [0.1, 0.15) is 11.6 Å². The van der Waals surface area contributed by atoms with Crippen molar-refractivity contribution in [1.82, 2.24) is 24.1 Å². The van der Waals surface area contributed by atoms with E-state index in [0.717, 1.165) is 101 Å². The van der Waals surface area contributed by atoms with Gasteiger partial charge in [0.25, 0.3) is 0 Å². The van der Waals surface area contributed by atoms with E-state index in [1.165, 1.54) is 31.3 Å². The van der Waals surface area contributed by atoms with Crippen molar-refractivity contribution in [3.63, 3.8) is 0 Å². The lowest BCUT2D eigenvalue weighted by Crippen LogP contribution is -1.93. The van der Waals surface area contributed by atoms with Crippen molar-refractivity contribution in [2.24, 2.45) is 14.1 Å². The normalized spacial score (nSPS) is 11.4. The molecule has 9 aromatic carbocycles. The summed E-state index contributed by atoms with van der Waals surface area (Å²) >= 11 is 1.85. The third-order valence-electron chi connectivity index (χ3n) is 14.1. The highest BCUT2D eigenvalue weighted by molar-refractivity contribution is 7.25. The summed E-state index contributed by atoms with van der Waals surface area (Å²) in [6.07, 6.45) is 9.68. The molecule has 0 amide bonds. The van der Waals surface area contributed by atoms with Gasteiger partial charge in [0.2, 0.25) is 0 Å². The maximum atomic E-state index is 5.14. The molecule has 0 N–H and O–H groups in total. The SMILES string of the molecule is Cn1ccnc1-c1ccc(-c2ccccc2-c2cc(-c3ccccc3-c3ccc(-c4nccn4C)cc3)cc(-c3ccccc3-c3ccc(-c4cccc(-c5ccc6c(c5)sc5ccccc56)c4)nc3)c2)cc1. The van der Waals surface area contributed by atoms with Crippen LogP contribution in [0.15, 0.2) is 249 Å². The number of fused-ring (bicyclic) bond motifs is 3. The van der Waals surface area contributed by atoms with Gasteiger partial charge in [-0.15, -0.1) is 11.3 Å². The minimum absolute atomic E-state index is 0.935. The average Bonchev–Trinajstić information content (AvgIpc) is 4.20. The maximum absolute atomic E-state index is 5.14. The van der Waals surface area contributed by atoms with Crippen LogP contribution >= 0.6 is 11.3 Å². The largest absolute Gasteiger partial charge is 0.334 e. The van der Waals surface area contributed by atoms with Crippen molar-refractivity contribution in [3.8, 4) is 112 Å². The molecule has 0 saturated heterocycles. The second-order valence-electron chi connectivity index (χ2n) is 18.6. The van der Waals surface area contributed by atoms with Gasteiger partial charge in [0, 0.05) is 87.5 Å². The minimum atomic E-state index is 0.935. The molecule has 4 heterocycles. The topological polar surface area (TPSA) is 48.5 Å². The number of pyridine rings is 1. The Kier molecular flexibility index (Phi) is 11.1. The second-order valence-corrected chi connectivity index (χ2v) is 19.7. The summed E-state index contributed by atoms with van der Waals surface area (Å²) in [5.41, 5.74) is 20.2. The zero-order chi connectivity index (χ0) is 48.8. The first-order chi connectivity index (χ1) is 36.0. The fourth-order valence-corrected chi connectivity index (χ4v) is 11.6. The summed E-state index contributed by atoms with van der Waals surface area (Å²) in [7, 11) is 4.06.